The molecule has 1 unspecified atom stereocenters. The van der Waals surface area contributed by atoms with E-state index in [9.17, 15) is 4.79 Å². The van der Waals surface area contributed by atoms with Crippen molar-refractivity contribution in [3.63, 3.8) is 0 Å². The summed E-state index contributed by atoms with van der Waals surface area (Å²) in [5.41, 5.74) is 7.52. The second kappa shape index (κ2) is 8.75. The molecule has 0 aromatic heterocycles. The van der Waals surface area contributed by atoms with Gasteiger partial charge in [0.15, 0.2) is 0 Å². The van der Waals surface area contributed by atoms with E-state index in [1.165, 1.54) is 0 Å². The molecule has 0 fully saturated rings. The van der Waals surface area contributed by atoms with Crippen molar-refractivity contribution < 1.29 is 4.79 Å². The Bertz CT molecular complexity index is 417. The number of unbranched alkanes of at least 4 members (excludes halogenated alkanes) is 1. The first-order valence-corrected chi connectivity index (χ1v) is 7.74. The van der Waals surface area contributed by atoms with Gasteiger partial charge in [0.25, 0.3) is 5.91 Å². The Hall–Kier alpha value is -1.35. The molecule has 0 radical (unpaired) electrons. The van der Waals surface area contributed by atoms with Crippen molar-refractivity contribution in [3.8, 4) is 0 Å². The summed E-state index contributed by atoms with van der Waals surface area (Å²) in [6, 6.07) is 8.12. The zero-order valence-electron chi connectivity index (χ0n) is 13.1. The molecule has 1 amide bonds. The van der Waals surface area contributed by atoms with Gasteiger partial charge in [0, 0.05) is 18.2 Å². The second-order valence-electron chi connectivity index (χ2n) is 5.31. The van der Waals surface area contributed by atoms with Gasteiger partial charge in [-0.05, 0) is 44.4 Å². The second-order valence-corrected chi connectivity index (χ2v) is 5.31. The first-order chi connectivity index (χ1) is 9.65. The summed E-state index contributed by atoms with van der Waals surface area (Å²) < 4.78 is 0. The molecular weight excluding hydrogens is 248 g/mol. The summed E-state index contributed by atoms with van der Waals surface area (Å²) in [5, 5.41) is 0. The molecule has 0 saturated carbocycles. The third-order valence-corrected chi connectivity index (χ3v) is 3.80. The fourth-order valence-electron chi connectivity index (χ4n) is 2.33. The van der Waals surface area contributed by atoms with Crippen LogP contribution in [0.1, 0.15) is 56.0 Å². The Balaban J connectivity index is 2.98. The summed E-state index contributed by atoms with van der Waals surface area (Å²) in [4.78, 5) is 14.8. The summed E-state index contributed by atoms with van der Waals surface area (Å²) in [5.74, 6) is 0.150. The van der Waals surface area contributed by atoms with Crippen molar-refractivity contribution >= 4 is 5.91 Å². The van der Waals surface area contributed by atoms with Crippen molar-refractivity contribution in [1.82, 2.24) is 4.90 Å². The lowest BCUT2D eigenvalue weighted by atomic mass is 10.0. The highest BCUT2D eigenvalue weighted by molar-refractivity contribution is 5.95. The summed E-state index contributed by atoms with van der Waals surface area (Å²) >= 11 is 0. The molecule has 1 aromatic carbocycles. The van der Waals surface area contributed by atoms with E-state index in [4.69, 9.17) is 5.73 Å². The number of nitrogens with two attached hydrogens (primary N) is 1. The van der Waals surface area contributed by atoms with Gasteiger partial charge in [0.2, 0.25) is 0 Å². The van der Waals surface area contributed by atoms with Crippen LogP contribution in [0.15, 0.2) is 24.3 Å². The molecule has 0 heterocycles. The number of benzene rings is 1. The minimum Gasteiger partial charge on any atom is -0.336 e. The molecule has 0 aliphatic carbocycles. The van der Waals surface area contributed by atoms with Crippen molar-refractivity contribution in [2.75, 3.05) is 13.1 Å². The highest BCUT2D eigenvalue weighted by atomic mass is 16.2. The summed E-state index contributed by atoms with van der Waals surface area (Å²) in [6.07, 6.45) is 3.89. The van der Waals surface area contributed by atoms with Gasteiger partial charge in [0.05, 0.1) is 0 Å². The Morgan fingerprint density at radius 3 is 2.60 bits per heavy atom. The molecule has 0 saturated heterocycles. The summed E-state index contributed by atoms with van der Waals surface area (Å²) in [7, 11) is 0. The number of carbonyl (C=O) groups is 1. The van der Waals surface area contributed by atoms with E-state index < -0.39 is 0 Å². The lowest BCUT2D eigenvalue weighted by molar-refractivity contribution is 0.0684. The van der Waals surface area contributed by atoms with Gasteiger partial charge in [-0.25, -0.2) is 0 Å². The van der Waals surface area contributed by atoms with Crippen LogP contribution < -0.4 is 5.73 Å². The van der Waals surface area contributed by atoms with Gasteiger partial charge >= 0.3 is 0 Å². The highest BCUT2D eigenvalue weighted by Gasteiger charge is 2.21. The fraction of sp³-hybridized carbons (Fsp3) is 0.588. The third-order valence-electron chi connectivity index (χ3n) is 3.80. The van der Waals surface area contributed by atoms with Crippen molar-refractivity contribution in [2.24, 2.45) is 5.73 Å². The van der Waals surface area contributed by atoms with Crippen molar-refractivity contribution in [1.29, 1.82) is 0 Å². The topological polar surface area (TPSA) is 46.3 Å². The third kappa shape index (κ3) is 4.34. The van der Waals surface area contributed by atoms with Crippen molar-refractivity contribution in [2.45, 2.75) is 52.5 Å². The number of amides is 1. The minimum atomic E-state index is 0.150. The number of hydrogen-bond acceptors (Lipinski definition) is 2. The van der Waals surface area contributed by atoms with Crippen LogP contribution in [0.3, 0.4) is 0 Å². The average molecular weight is 276 g/mol. The first-order valence-electron chi connectivity index (χ1n) is 7.74. The molecule has 3 heteroatoms. The molecule has 0 spiro atoms. The average Bonchev–Trinajstić information content (AvgIpc) is 2.48. The molecule has 0 aliphatic rings. The molecule has 112 valence electrons. The normalized spacial score (nSPS) is 12.2. The van der Waals surface area contributed by atoms with Gasteiger partial charge in [-0.3, -0.25) is 4.79 Å². The quantitative estimate of drug-likeness (QED) is 0.792. The van der Waals surface area contributed by atoms with Gasteiger partial charge < -0.3 is 10.6 Å². The fourth-order valence-corrected chi connectivity index (χ4v) is 2.33. The maximum absolute atomic E-state index is 12.8. The molecule has 0 bridgehead atoms. The van der Waals surface area contributed by atoms with Crippen molar-refractivity contribution in [3.05, 3.63) is 35.4 Å². The highest BCUT2D eigenvalue weighted by Crippen LogP contribution is 2.16. The maximum Gasteiger partial charge on any atom is 0.254 e. The molecule has 1 aromatic rings. The number of rotatable bonds is 8. The maximum atomic E-state index is 12.8. The van der Waals surface area contributed by atoms with E-state index in [0.717, 1.165) is 43.4 Å². The lowest BCUT2D eigenvalue weighted by Gasteiger charge is -2.29. The standard InChI is InChI=1S/C17H28N2O/c1-4-6-13-19(14(3)5-2)17(20)16-10-8-7-9-15(16)11-12-18/h7-10,14H,4-6,11-13,18H2,1-3H3. The monoisotopic (exact) mass is 276 g/mol. The van der Waals surface area contributed by atoms with Crippen LogP contribution in [0, 0.1) is 0 Å². The van der Waals surface area contributed by atoms with E-state index >= 15 is 0 Å². The van der Waals surface area contributed by atoms with Gasteiger partial charge in [0.1, 0.15) is 0 Å². The zero-order valence-corrected chi connectivity index (χ0v) is 13.1. The Labute approximate surface area is 123 Å². The number of carbonyl (C=O) groups excluding carboxylic acids is 1. The minimum absolute atomic E-state index is 0.150. The largest absolute Gasteiger partial charge is 0.336 e. The van der Waals surface area contributed by atoms with E-state index in [1.54, 1.807) is 0 Å². The number of nitrogens with zero attached hydrogens (tertiary/aromatic N) is 1. The zero-order chi connectivity index (χ0) is 15.0. The van der Waals surface area contributed by atoms with Crippen LogP contribution in [0.4, 0.5) is 0 Å². The predicted octanol–water partition coefficient (Wildman–Crippen LogP) is 3.23. The van der Waals surface area contributed by atoms with Crippen LogP contribution in [0.5, 0.6) is 0 Å². The Morgan fingerprint density at radius 1 is 1.30 bits per heavy atom. The number of hydrogen-bond donors (Lipinski definition) is 1. The summed E-state index contributed by atoms with van der Waals surface area (Å²) in [6.45, 7) is 7.81. The van der Waals surface area contributed by atoms with E-state index in [0.29, 0.717) is 6.54 Å². The van der Waals surface area contributed by atoms with Crippen LogP contribution in [-0.4, -0.2) is 29.9 Å². The molecule has 1 atom stereocenters. The molecule has 0 aliphatic heterocycles. The predicted molar refractivity (Wildman–Crippen MR) is 84.9 cm³/mol. The van der Waals surface area contributed by atoms with Crippen LogP contribution in [-0.2, 0) is 6.42 Å². The SMILES string of the molecule is CCCCN(C(=O)c1ccccc1CCN)C(C)CC. The smallest absolute Gasteiger partial charge is 0.254 e. The van der Waals surface area contributed by atoms with E-state index in [2.05, 4.69) is 20.8 Å². The van der Waals surface area contributed by atoms with E-state index in [-0.39, 0.29) is 11.9 Å². The van der Waals surface area contributed by atoms with Crippen LogP contribution in [0.25, 0.3) is 0 Å². The molecule has 2 N–H and O–H groups in total. The molecule has 1 rings (SSSR count). The first kappa shape index (κ1) is 16.7. The van der Waals surface area contributed by atoms with Gasteiger partial charge in [-0.15, -0.1) is 0 Å². The van der Waals surface area contributed by atoms with Crippen LogP contribution >= 0.6 is 0 Å². The lowest BCUT2D eigenvalue weighted by Crippen LogP contribution is -2.39. The van der Waals surface area contributed by atoms with Gasteiger partial charge in [-0.1, -0.05) is 38.5 Å². The van der Waals surface area contributed by atoms with Crippen LogP contribution in [0.2, 0.25) is 0 Å². The van der Waals surface area contributed by atoms with Gasteiger partial charge in [-0.2, -0.15) is 0 Å². The Kier molecular flexibility index (Phi) is 7.31. The Morgan fingerprint density at radius 2 is 2.00 bits per heavy atom. The molecule has 3 nitrogen and oxygen atoms in total. The van der Waals surface area contributed by atoms with E-state index in [1.807, 2.05) is 29.2 Å². The molecular formula is C17H28N2O. The molecule has 20 heavy (non-hydrogen) atoms.